The third kappa shape index (κ3) is 4.79. The zero-order valence-corrected chi connectivity index (χ0v) is 24.5. The van der Waals surface area contributed by atoms with Gasteiger partial charge in [-0.2, -0.15) is 0 Å². The van der Waals surface area contributed by atoms with Crippen molar-refractivity contribution in [2.24, 2.45) is 0 Å². The van der Waals surface area contributed by atoms with Gasteiger partial charge in [0.1, 0.15) is 0 Å². The van der Waals surface area contributed by atoms with Crippen LogP contribution < -0.4 is 18.9 Å². The minimum Gasteiger partial charge on any atom is -0.493 e. The number of urea groups is 1. The molecule has 2 amide bonds. The number of fused-ring (bicyclic) bond motifs is 2. The number of rotatable bonds is 6. The van der Waals surface area contributed by atoms with E-state index >= 15 is 0 Å². The summed E-state index contributed by atoms with van der Waals surface area (Å²) < 4.78 is 22.6. The van der Waals surface area contributed by atoms with Crippen LogP contribution >= 0.6 is 0 Å². The molecule has 0 aliphatic carbocycles. The van der Waals surface area contributed by atoms with Crippen molar-refractivity contribution in [3.63, 3.8) is 0 Å². The van der Waals surface area contributed by atoms with Crippen molar-refractivity contribution in [3.05, 3.63) is 118 Å². The molecule has 4 aromatic rings. The zero-order chi connectivity index (χ0) is 29.2. The second-order valence-corrected chi connectivity index (χ2v) is 10.6. The molecule has 6 rings (SSSR count). The average molecular weight is 565 g/mol. The van der Waals surface area contributed by atoms with E-state index in [1.54, 1.807) is 28.4 Å². The number of amides is 2. The molecular weight excluding hydrogens is 528 g/mol. The van der Waals surface area contributed by atoms with Crippen molar-refractivity contribution in [1.82, 2.24) is 9.80 Å². The Balaban J connectivity index is 1.46. The Morgan fingerprint density at radius 2 is 0.929 bits per heavy atom. The maximum atomic E-state index is 14.8. The number of carbonyl (C=O) groups is 1. The first-order valence-electron chi connectivity index (χ1n) is 14.2. The van der Waals surface area contributed by atoms with Gasteiger partial charge < -0.3 is 28.7 Å². The van der Waals surface area contributed by atoms with Gasteiger partial charge >= 0.3 is 6.03 Å². The summed E-state index contributed by atoms with van der Waals surface area (Å²) in [5.41, 5.74) is 6.53. The highest BCUT2D eigenvalue weighted by Gasteiger charge is 2.40. The Morgan fingerprint density at radius 3 is 1.29 bits per heavy atom. The maximum Gasteiger partial charge on any atom is 0.321 e. The Hall–Kier alpha value is -4.65. The van der Waals surface area contributed by atoms with Crippen LogP contribution in [-0.2, 0) is 12.8 Å². The predicted octanol–water partition coefficient (Wildman–Crippen LogP) is 6.44. The van der Waals surface area contributed by atoms with E-state index in [4.69, 9.17) is 18.9 Å². The van der Waals surface area contributed by atoms with Crippen LogP contribution in [0.25, 0.3) is 0 Å². The summed E-state index contributed by atoms with van der Waals surface area (Å²) in [5, 5.41) is 0. The van der Waals surface area contributed by atoms with E-state index in [1.165, 1.54) is 0 Å². The van der Waals surface area contributed by atoms with E-state index in [0.717, 1.165) is 46.2 Å². The lowest BCUT2D eigenvalue weighted by molar-refractivity contribution is 0.123. The molecule has 42 heavy (non-hydrogen) atoms. The third-order valence-electron chi connectivity index (χ3n) is 8.47. The molecule has 216 valence electrons. The molecule has 7 nitrogen and oxygen atoms in total. The fourth-order valence-corrected chi connectivity index (χ4v) is 6.46. The summed E-state index contributed by atoms with van der Waals surface area (Å²) in [7, 11) is 6.60. The lowest BCUT2D eigenvalue weighted by Crippen LogP contribution is -2.51. The standard InChI is InChI=1S/C35H36N2O5/c1-39-29-19-25-15-17-36(33(23-11-7-5-8-12-23)27(25)21-31(29)41-3)35(38)37-18-16-26-20-30(40-2)32(42-4)22-28(26)34(37)24-13-9-6-10-14-24/h5-14,19-22,33-34H,15-18H2,1-4H3/t33-,34-/m0/s1. The highest BCUT2D eigenvalue weighted by molar-refractivity contribution is 5.78. The molecule has 0 bridgehead atoms. The van der Waals surface area contributed by atoms with Gasteiger partial charge in [-0.25, -0.2) is 4.79 Å². The Kier molecular flexibility index (Phi) is 7.66. The first kappa shape index (κ1) is 27.5. The smallest absolute Gasteiger partial charge is 0.321 e. The monoisotopic (exact) mass is 564 g/mol. The van der Waals surface area contributed by atoms with Gasteiger partial charge in [0.25, 0.3) is 0 Å². The molecular formula is C35H36N2O5. The van der Waals surface area contributed by atoms with E-state index in [1.807, 2.05) is 58.3 Å². The number of methoxy groups -OCH3 is 4. The van der Waals surface area contributed by atoms with Crippen molar-refractivity contribution in [2.45, 2.75) is 24.9 Å². The molecule has 2 heterocycles. The van der Waals surface area contributed by atoms with E-state index in [9.17, 15) is 4.79 Å². The van der Waals surface area contributed by atoms with Crippen LogP contribution in [-0.4, -0.2) is 57.4 Å². The first-order valence-corrected chi connectivity index (χ1v) is 14.2. The van der Waals surface area contributed by atoms with Crippen molar-refractivity contribution >= 4 is 6.03 Å². The summed E-state index contributed by atoms with van der Waals surface area (Å²) in [5.74, 6) is 2.70. The minimum atomic E-state index is -0.273. The van der Waals surface area contributed by atoms with Crippen LogP contribution in [0, 0.1) is 0 Å². The second-order valence-electron chi connectivity index (χ2n) is 10.6. The Bertz CT molecular complexity index is 1460. The quantitative estimate of drug-likeness (QED) is 0.270. The van der Waals surface area contributed by atoms with Crippen molar-refractivity contribution in [3.8, 4) is 23.0 Å². The number of carbonyl (C=O) groups excluding carboxylic acids is 1. The molecule has 0 spiro atoms. The Morgan fingerprint density at radius 1 is 0.571 bits per heavy atom. The first-order chi connectivity index (χ1) is 20.6. The van der Waals surface area contributed by atoms with Crippen molar-refractivity contribution in [2.75, 3.05) is 41.5 Å². The average Bonchev–Trinajstić information content (AvgIpc) is 3.06. The molecule has 0 saturated heterocycles. The second kappa shape index (κ2) is 11.7. The van der Waals surface area contributed by atoms with E-state index < -0.39 is 0 Å². The highest BCUT2D eigenvalue weighted by atomic mass is 16.5. The molecule has 4 aromatic carbocycles. The molecule has 0 N–H and O–H groups in total. The highest BCUT2D eigenvalue weighted by Crippen LogP contribution is 2.45. The summed E-state index contributed by atoms with van der Waals surface area (Å²) in [6.07, 6.45) is 1.44. The van der Waals surface area contributed by atoms with E-state index in [2.05, 4.69) is 36.4 Å². The molecule has 2 aliphatic heterocycles. The summed E-state index contributed by atoms with van der Waals surface area (Å²) in [4.78, 5) is 18.9. The van der Waals surface area contributed by atoms with E-state index in [-0.39, 0.29) is 18.1 Å². The maximum absolute atomic E-state index is 14.8. The molecule has 0 radical (unpaired) electrons. The van der Waals surface area contributed by atoms with Crippen LogP contribution in [0.2, 0.25) is 0 Å². The van der Waals surface area contributed by atoms with Crippen LogP contribution in [0.3, 0.4) is 0 Å². The summed E-state index contributed by atoms with van der Waals surface area (Å²) >= 11 is 0. The van der Waals surface area contributed by atoms with Gasteiger partial charge in [-0.15, -0.1) is 0 Å². The van der Waals surface area contributed by atoms with Gasteiger partial charge in [-0.3, -0.25) is 0 Å². The van der Waals surface area contributed by atoms with Crippen LogP contribution in [0.4, 0.5) is 4.79 Å². The minimum absolute atomic E-state index is 0.00132. The largest absolute Gasteiger partial charge is 0.493 e. The number of benzene rings is 4. The van der Waals surface area contributed by atoms with Crippen molar-refractivity contribution in [1.29, 1.82) is 0 Å². The summed E-state index contributed by atoms with van der Waals surface area (Å²) in [6.45, 7) is 1.16. The number of hydrogen-bond donors (Lipinski definition) is 0. The van der Waals surface area contributed by atoms with Gasteiger partial charge in [0.05, 0.1) is 40.5 Å². The zero-order valence-electron chi connectivity index (χ0n) is 24.5. The van der Waals surface area contributed by atoms with Crippen LogP contribution in [0.5, 0.6) is 23.0 Å². The van der Waals surface area contributed by atoms with Gasteiger partial charge in [0, 0.05) is 13.1 Å². The van der Waals surface area contributed by atoms with Gasteiger partial charge in [0.15, 0.2) is 23.0 Å². The fourth-order valence-electron chi connectivity index (χ4n) is 6.46. The third-order valence-corrected chi connectivity index (χ3v) is 8.47. The van der Waals surface area contributed by atoms with Crippen LogP contribution in [0.15, 0.2) is 84.9 Å². The molecule has 0 unspecified atom stereocenters. The number of nitrogens with zero attached hydrogens (tertiary/aromatic N) is 2. The van der Waals surface area contributed by atoms with Crippen LogP contribution in [0.1, 0.15) is 45.5 Å². The molecule has 0 aromatic heterocycles. The van der Waals surface area contributed by atoms with E-state index in [0.29, 0.717) is 36.1 Å². The SMILES string of the molecule is COc1cc2c(cc1OC)[C@H](c1ccccc1)N(C(=O)N1CCc3cc(OC)c(OC)cc3[C@@H]1c1ccccc1)CC2. The topological polar surface area (TPSA) is 60.5 Å². The lowest BCUT2D eigenvalue weighted by atomic mass is 9.86. The predicted molar refractivity (Wildman–Crippen MR) is 162 cm³/mol. The molecule has 0 fully saturated rings. The van der Waals surface area contributed by atoms with Gasteiger partial charge in [-0.1, -0.05) is 60.7 Å². The number of ether oxygens (including phenoxy) is 4. The normalized spacial score (nSPS) is 17.6. The van der Waals surface area contributed by atoms with Gasteiger partial charge in [0.2, 0.25) is 0 Å². The molecule has 2 aliphatic rings. The number of hydrogen-bond acceptors (Lipinski definition) is 5. The van der Waals surface area contributed by atoms with Gasteiger partial charge in [-0.05, 0) is 70.5 Å². The van der Waals surface area contributed by atoms with Crippen molar-refractivity contribution < 1.29 is 23.7 Å². The molecule has 2 atom stereocenters. The Labute approximate surface area is 247 Å². The molecule has 0 saturated carbocycles. The molecule has 7 heteroatoms. The summed E-state index contributed by atoms with van der Waals surface area (Å²) in [6, 6.07) is 28.1. The lowest BCUT2D eigenvalue weighted by Gasteiger charge is -2.45. The fraction of sp³-hybridized carbons (Fsp3) is 0.286.